The van der Waals surface area contributed by atoms with Gasteiger partial charge in [0.2, 0.25) is 15.9 Å². The van der Waals surface area contributed by atoms with Crippen LogP contribution in [0.2, 0.25) is 5.02 Å². The molecule has 7 heteroatoms. The number of amides is 1. The summed E-state index contributed by atoms with van der Waals surface area (Å²) in [6, 6.07) is 4.66. The van der Waals surface area contributed by atoms with Crippen molar-refractivity contribution in [2.45, 2.75) is 50.8 Å². The van der Waals surface area contributed by atoms with Crippen LogP contribution in [-0.2, 0) is 14.8 Å². The van der Waals surface area contributed by atoms with E-state index in [0.717, 1.165) is 0 Å². The molecule has 0 atom stereocenters. The van der Waals surface area contributed by atoms with Crippen molar-refractivity contribution in [1.29, 1.82) is 0 Å². The summed E-state index contributed by atoms with van der Waals surface area (Å²) in [7, 11) is -3.67. The van der Waals surface area contributed by atoms with Crippen molar-refractivity contribution in [1.82, 2.24) is 4.31 Å². The molecule has 26 heavy (non-hydrogen) atoms. The molecule has 0 aromatic heterocycles. The number of hydrogen-bond acceptors (Lipinski definition) is 3. The van der Waals surface area contributed by atoms with Gasteiger partial charge in [-0.05, 0) is 61.6 Å². The van der Waals surface area contributed by atoms with Gasteiger partial charge < -0.3 is 5.32 Å². The second-order valence-electron chi connectivity index (χ2n) is 7.33. The molecule has 0 spiro atoms. The molecule has 2 saturated carbocycles. The fourth-order valence-corrected chi connectivity index (χ4v) is 5.63. The zero-order chi connectivity index (χ0) is 18.9. The summed E-state index contributed by atoms with van der Waals surface area (Å²) in [6.45, 7) is 4.32. The standard InChI is InChI=1S/C19H27ClN2O3S/c1-3-22(4-2)26(24,25)18-11-15(9-10-17(18)20)21-19(23)12-16(13-5-6-13)14-7-8-14/h9-11,13-14,16H,3-8,12H2,1-2H3,(H,21,23). The van der Waals surface area contributed by atoms with E-state index in [0.29, 0.717) is 43.0 Å². The Kier molecular flexibility index (Phi) is 5.94. The molecule has 0 bridgehead atoms. The van der Waals surface area contributed by atoms with E-state index in [4.69, 9.17) is 11.6 Å². The maximum atomic E-state index is 12.8. The second kappa shape index (κ2) is 7.87. The van der Waals surface area contributed by atoms with Gasteiger partial charge in [0.05, 0.1) is 5.02 Å². The molecule has 0 radical (unpaired) electrons. The van der Waals surface area contributed by atoms with Gasteiger partial charge in [0.1, 0.15) is 4.90 Å². The Morgan fingerprint density at radius 1 is 1.19 bits per heavy atom. The van der Waals surface area contributed by atoms with Gasteiger partial charge in [-0.1, -0.05) is 25.4 Å². The molecule has 0 saturated heterocycles. The quantitative estimate of drug-likeness (QED) is 0.679. The van der Waals surface area contributed by atoms with E-state index >= 15 is 0 Å². The molecule has 0 aliphatic heterocycles. The SMILES string of the molecule is CCN(CC)S(=O)(=O)c1cc(NC(=O)CC(C2CC2)C2CC2)ccc1Cl. The van der Waals surface area contributed by atoms with Gasteiger partial charge in [-0.15, -0.1) is 0 Å². The monoisotopic (exact) mass is 398 g/mol. The molecule has 5 nitrogen and oxygen atoms in total. The Labute approximate surface area is 161 Å². The molecule has 0 unspecified atom stereocenters. The number of rotatable bonds is 9. The molecule has 0 heterocycles. The van der Waals surface area contributed by atoms with Crippen LogP contribution in [0.15, 0.2) is 23.1 Å². The van der Waals surface area contributed by atoms with Gasteiger partial charge in [-0.2, -0.15) is 4.31 Å². The number of sulfonamides is 1. The summed E-state index contributed by atoms with van der Waals surface area (Å²) in [5.41, 5.74) is 0.482. The van der Waals surface area contributed by atoms with E-state index in [-0.39, 0.29) is 15.8 Å². The Balaban J connectivity index is 1.73. The van der Waals surface area contributed by atoms with E-state index in [2.05, 4.69) is 5.32 Å². The summed E-state index contributed by atoms with van der Waals surface area (Å²) in [5, 5.41) is 3.04. The van der Waals surface area contributed by atoms with Crippen LogP contribution in [0.25, 0.3) is 0 Å². The number of nitrogens with one attached hydrogen (secondary N) is 1. The highest BCUT2D eigenvalue weighted by Gasteiger charge is 2.42. The van der Waals surface area contributed by atoms with Crippen LogP contribution in [-0.4, -0.2) is 31.7 Å². The number of nitrogens with zero attached hydrogens (tertiary/aromatic N) is 1. The molecule has 144 valence electrons. The molecule has 2 aliphatic rings. The lowest BCUT2D eigenvalue weighted by Crippen LogP contribution is -2.31. The zero-order valence-electron chi connectivity index (χ0n) is 15.4. The van der Waals surface area contributed by atoms with E-state index in [9.17, 15) is 13.2 Å². The van der Waals surface area contributed by atoms with E-state index in [1.165, 1.54) is 42.1 Å². The van der Waals surface area contributed by atoms with Crippen molar-refractivity contribution in [2.75, 3.05) is 18.4 Å². The highest BCUT2D eigenvalue weighted by Crippen LogP contribution is 2.50. The Morgan fingerprint density at radius 3 is 2.27 bits per heavy atom. The minimum atomic E-state index is -3.67. The first kappa shape index (κ1) is 19.6. The molecule has 1 N–H and O–H groups in total. The predicted octanol–water partition coefficient (Wildman–Crippen LogP) is 4.14. The third kappa shape index (κ3) is 4.41. The number of carbonyl (C=O) groups is 1. The van der Waals surface area contributed by atoms with Crippen LogP contribution in [0.5, 0.6) is 0 Å². The van der Waals surface area contributed by atoms with Crippen molar-refractivity contribution < 1.29 is 13.2 Å². The van der Waals surface area contributed by atoms with Crippen LogP contribution >= 0.6 is 11.6 Å². The van der Waals surface area contributed by atoms with Crippen molar-refractivity contribution in [2.24, 2.45) is 17.8 Å². The maximum absolute atomic E-state index is 12.8. The fraction of sp³-hybridized carbons (Fsp3) is 0.632. The van der Waals surface area contributed by atoms with Gasteiger partial charge in [-0.3, -0.25) is 4.79 Å². The molecule has 2 aliphatic carbocycles. The second-order valence-corrected chi connectivity index (χ2v) is 9.64. The maximum Gasteiger partial charge on any atom is 0.244 e. The van der Waals surface area contributed by atoms with E-state index in [1.807, 2.05) is 0 Å². The van der Waals surface area contributed by atoms with Gasteiger partial charge in [-0.25, -0.2) is 8.42 Å². The molecule has 2 fully saturated rings. The Hall–Kier alpha value is -1.11. The van der Waals surface area contributed by atoms with Crippen LogP contribution in [0.3, 0.4) is 0 Å². The van der Waals surface area contributed by atoms with Gasteiger partial charge in [0, 0.05) is 25.2 Å². The van der Waals surface area contributed by atoms with E-state index < -0.39 is 10.0 Å². The highest BCUT2D eigenvalue weighted by atomic mass is 35.5. The Bertz CT molecular complexity index is 757. The molecule has 1 aromatic rings. The summed E-state index contributed by atoms with van der Waals surface area (Å²) < 4.78 is 26.9. The van der Waals surface area contributed by atoms with Crippen LogP contribution < -0.4 is 5.32 Å². The molecule has 1 amide bonds. The minimum absolute atomic E-state index is 0.0395. The number of hydrogen-bond donors (Lipinski definition) is 1. The third-order valence-electron chi connectivity index (χ3n) is 5.41. The van der Waals surface area contributed by atoms with E-state index in [1.54, 1.807) is 19.9 Å². The average molecular weight is 399 g/mol. The van der Waals surface area contributed by atoms with Crippen molar-refractivity contribution in [3.8, 4) is 0 Å². The van der Waals surface area contributed by atoms with Gasteiger partial charge >= 0.3 is 0 Å². The van der Waals surface area contributed by atoms with Gasteiger partial charge in [0.15, 0.2) is 0 Å². The molecular formula is C19H27ClN2O3S. The smallest absolute Gasteiger partial charge is 0.244 e. The van der Waals surface area contributed by atoms with Gasteiger partial charge in [0.25, 0.3) is 0 Å². The lowest BCUT2D eigenvalue weighted by Gasteiger charge is -2.20. The van der Waals surface area contributed by atoms with Crippen LogP contribution in [0.1, 0.15) is 46.0 Å². The first-order valence-electron chi connectivity index (χ1n) is 9.46. The third-order valence-corrected chi connectivity index (χ3v) is 7.95. The largest absolute Gasteiger partial charge is 0.326 e. The van der Waals surface area contributed by atoms with Crippen LogP contribution in [0, 0.1) is 17.8 Å². The summed E-state index contributed by atoms with van der Waals surface area (Å²) in [5.74, 6) is 1.86. The molecule has 1 aromatic carbocycles. The molecule has 3 rings (SSSR count). The van der Waals surface area contributed by atoms with Crippen molar-refractivity contribution >= 4 is 33.2 Å². The number of anilines is 1. The predicted molar refractivity (Wildman–Crippen MR) is 104 cm³/mol. The zero-order valence-corrected chi connectivity index (χ0v) is 16.9. The summed E-state index contributed by atoms with van der Waals surface area (Å²) in [4.78, 5) is 12.5. The first-order valence-corrected chi connectivity index (χ1v) is 11.3. The molecular weight excluding hydrogens is 372 g/mol. The van der Waals surface area contributed by atoms with Crippen molar-refractivity contribution in [3.05, 3.63) is 23.2 Å². The number of halogens is 1. The fourth-order valence-electron chi connectivity index (χ4n) is 3.67. The Morgan fingerprint density at radius 2 is 1.77 bits per heavy atom. The van der Waals surface area contributed by atoms with Crippen LogP contribution in [0.4, 0.5) is 5.69 Å². The lowest BCUT2D eigenvalue weighted by molar-refractivity contribution is -0.117. The summed E-state index contributed by atoms with van der Waals surface area (Å²) in [6.07, 6.45) is 5.47. The minimum Gasteiger partial charge on any atom is -0.326 e. The average Bonchev–Trinajstić information content (AvgIpc) is 3.48. The highest BCUT2D eigenvalue weighted by molar-refractivity contribution is 7.89. The number of benzene rings is 1. The summed E-state index contributed by atoms with van der Waals surface area (Å²) >= 11 is 6.14. The topological polar surface area (TPSA) is 66.5 Å². The normalized spacial score (nSPS) is 17.7. The lowest BCUT2D eigenvalue weighted by atomic mass is 9.94. The number of carbonyl (C=O) groups excluding carboxylic acids is 1. The first-order chi connectivity index (χ1) is 12.4. The van der Waals surface area contributed by atoms with Crippen molar-refractivity contribution in [3.63, 3.8) is 0 Å².